The monoisotopic (exact) mass is 233 g/mol. The van der Waals surface area contributed by atoms with Gasteiger partial charge in [0.15, 0.2) is 0 Å². The van der Waals surface area contributed by atoms with Gasteiger partial charge in [-0.2, -0.15) is 0 Å². The first kappa shape index (κ1) is 12.8. The smallest absolute Gasteiger partial charge is 0.222 e. The van der Waals surface area contributed by atoms with E-state index in [-0.39, 0.29) is 5.91 Å². The molecule has 0 bridgehead atoms. The van der Waals surface area contributed by atoms with Gasteiger partial charge in [-0.1, -0.05) is 0 Å². The zero-order chi connectivity index (χ0) is 11.1. The van der Waals surface area contributed by atoms with Crippen molar-refractivity contribution < 1.29 is 9.53 Å². The molecule has 0 aliphatic carbocycles. The topological polar surface area (TPSA) is 29.5 Å². The molecule has 1 aliphatic heterocycles. The van der Waals surface area contributed by atoms with Crippen molar-refractivity contribution in [1.82, 2.24) is 4.90 Å². The summed E-state index contributed by atoms with van der Waals surface area (Å²) in [6.45, 7) is 5.31. The van der Waals surface area contributed by atoms with Crippen molar-refractivity contribution in [2.75, 3.05) is 32.2 Å². The second-order valence-electron chi connectivity index (χ2n) is 3.95. The molecule has 0 spiro atoms. The van der Waals surface area contributed by atoms with Gasteiger partial charge in [-0.25, -0.2) is 0 Å². The number of amides is 1. The van der Waals surface area contributed by atoms with Crippen LogP contribution in [0.4, 0.5) is 0 Å². The maximum absolute atomic E-state index is 11.7. The van der Waals surface area contributed by atoms with E-state index in [0.29, 0.717) is 18.2 Å². The van der Waals surface area contributed by atoms with E-state index < -0.39 is 0 Å². The second kappa shape index (κ2) is 7.07. The van der Waals surface area contributed by atoms with Crippen LogP contribution in [-0.4, -0.2) is 43.0 Å². The van der Waals surface area contributed by atoms with Gasteiger partial charge in [-0.15, -0.1) is 11.6 Å². The highest BCUT2D eigenvalue weighted by Gasteiger charge is 2.20. The van der Waals surface area contributed by atoms with Crippen molar-refractivity contribution in [3.8, 4) is 0 Å². The number of rotatable bonds is 6. The molecule has 0 saturated carbocycles. The van der Waals surface area contributed by atoms with E-state index in [9.17, 15) is 4.79 Å². The number of ether oxygens (including phenoxy) is 1. The van der Waals surface area contributed by atoms with Crippen LogP contribution in [0.3, 0.4) is 0 Å². The average Bonchev–Trinajstić information content (AvgIpc) is 2.75. The van der Waals surface area contributed by atoms with E-state index in [1.807, 2.05) is 11.8 Å². The number of nitrogens with zero attached hydrogens (tertiary/aromatic N) is 1. The molecule has 1 unspecified atom stereocenters. The predicted octanol–water partition coefficient (Wildman–Crippen LogP) is 1.89. The first-order chi connectivity index (χ1) is 7.27. The number of halogens is 1. The summed E-state index contributed by atoms with van der Waals surface area (Å²) >= 11 is 5.57. The molecule has 1 saturated heterocycles. The quantitative estimate of drug-likeness (QED) is 0.656. The lowest BCUT2D eigenvalue weighted by atomic mass is 10.1. The van der Waals surface area contributed by atoms with Crippen molar-refractivity contribution in [1.29, 1.82) is 0 Å². The van der Waals surface area contributed by atoms with Gasteiger partial charge >= 0.3 is 0 Å². The summed E-state index contributed by atoms with van der Waals surface area (Å²) in [6.07, 6.45) is 2.43. The Bertz CT molecular complexity index is 193. The Labute approximate surface area is 96.7 Å². The minimum Gasteiger partial charge on any atom is -0.381 e. The zero-order valence-corrected chi connectivity index (χ0v) is 10.1. The van der Waals surface area contributed by atoms with E-state index in [0.717, 1.165) is 39.1 Å². The van der Waals surface area contributed by atoms with Gasteiger partial charge in [-0.05, 0) is 19.8 Å². The lowest BCUT2D eigenvalue weighted by Crippen LogP contribution is -2.35. The largest absolute Gasteiger partial charge is 0.381 e. The molecular formula is C11H20ClNO2. The minimum atomic E-state index is 0.227. The molecule has 1 fully saturated rings. The molecule has 0 radical (unpaired) electrons. The van der Waals surface area contributed by atoms with Crippen molar-refractivity contribution in [2.24, 2.45) is 5.92 Å². The van der Waals surface area contributed by atoms with Gasteiger partial charge in [0.05, 0.1) is 6.61 Å². The van der Waals surface area contributed by atoms with Crippen LogP contribution in [-0.2, 0) is 9.53 Å². The third-order valence-electron chi connectivity index (χ3n) is 2.76. The van der Waals surface area contributed by atoms with E-state index in [1.165, 1.54) is 0 Å². The average molecular weight is 234 g/mol. The normalized spacial score (nSPS) is 20.5. The molecule has 15 heavy (non-hydrogen) atoms. The molecular weight excluding hydrogens is 214 g/mol. The molecule has 0 aromatic heterocycles. The Morgan fingerprint density at radius 3 is 2.93 bits per heavy atom. The highest BCUT2D eigenvalue weighted by atomic mass is 35.5. The van der Waals surface area contributed by atoms with Gasteiger partial charge in [0, 0.05) is 37.9 Å². The molecule has 0 N–H and O–H groups in total. The van der Waals surface area contributed by atoms with Crippen molar-refractivity contribution in [3.63, 3.8) is 0 Å². The van der Waals surface area contributed by atoms with Crippen LogP contribution >= 0.6 is 11.6 Å². The summed E-state index contributed by atoms with van der Waals surface area (Å²) in [7, 11) is 0. The van der Waals surface area contributed by atoms with Crippen molar-refractivity contribution >= 4 is 17.5 Å². The van der Waals surface area contributed by atoms with Gasteiger partial charge in [0.1, 0.15) is 0 Å². The Morgan fingerprint density at radius 1 is 1.60 bits per heavy atom. The summed E-state index contributed by atoms with van der Waals surface area (Å²) in [5.41, 5.74) is 0. The Morgan fingerprint density at radius 2 is 2.40 bits per heavy atom. The third-order valence-corrected chi connectivity index (χ3v) is 3.03. The maximum atomic E-state index is 11.7. The van der Waals surface area contributed by atoms with E-state index in [1.54, 1.807) is 0 Å². The molecule has 1 heterocycles. The standard InChI is InChI=1S/C11H20ClNO2/c1-2-13(11(14)4-3-6-12)8-10-5-7-15-9-10/h10H,2-9H2,1H3. The fraction of sp³-hybridized carbons (Fsp3) is 0.909. The van der Waals surface area contributed by atoms with Crippen LogP contribution in [0.15, 0.2) is 0 Å². The first-order valence-corrected chi connectivity index (χ1v) is 6.22. The zero-order valence-electron chi connectivity index (χ0n) is 9.38. The number of carbonyl (C=O) groups excluding carboxylic acids is 1. The maximum Gasteiger partial charge on any atom is 0.222 e. The number of alkyl halides is 1. The molecule has 1 amide bonds. The van der Waals surface area contributed by atoms with Gasteiger partial charge in [0.25, 0.3) is 0 Å². The van der Waals surface area contributed by atoms with Crippen LogP contribution in [0.25, 0.3) is 0 Å². The fourth-order valence-corrected chi connectivity index (χ4v) is 1.96. The number of hydrogen-bond donors (Lipinski definition) is 0. The molecule has 1 aliphatic rings. The summed E-state index contributed by atoms with van der Waals surface area (Å²) in [6, 6.07) is 0. The summed E-state index contributed by atoms with van der Waals surface area (Å²) < 4.78 is 5.30. The predicted molar refractivity (Wildman–Crippen MR) is 61.1 cm³/mol. The summed E-state index contributed by atoms with van der Waals surface area (Å²) in [5, 5.41) is 0. The SMILES string of the molecule is CCN(CC1CCOC1)C(=O)CCCCl. The Hall–Kier alpha value is -0.280. The minimum absolute atomic E-state index is 0.227. The molecule has 1 atom stereocenters. The Kier molecular flexibility index (Phi) is 6.03. The van der Waals surface area contributed by atoms with Crippen LogP contribution in [0.1, 0.15) is 26.2 Å². The van der Waals surface area contributed by atoms with Gasteiger partial charge in [-0.3, -0.25) is 4.79 Å². The second-order valence-corrected chi connectivity index (χ2v) is 4.33. The molecule has 0 aromatic rings. The molecule has 1 rings (SSSR count). The van der Waals surface area contributed by atoms with Crippen LogP contribution in [0.5, 0.6) is 0 Å². The van der Waals surface area contributed by atoms with Crippen LogP contribution < -0.4 is 0 Å². The lowest BCUT2D eigenvalue weighted by Gasteiger charge is -2.23. The lowest BCUT2D eigenvalue weighted by molar-refractivity contribution is -0.131. The van der Waals surface area contributed by atoms with E-state index >= 15 is 0 Å². The highest BCUT2D eigenvalue weighted by Crippen LogP contribution is 2.14. The summed E-state index contributed by atoms with van der Waals surface area (Å²) in [5.74, 6) is 1.32. The van der Waals surface area contributed by atoms with Crippen LogP contribution in [0, 0.1) is 5.92 Å². The molecule has 4 heteroatoms. The van der Waals surface area contributed by atoms with Gasteiger partial charge < -0.3 is 9.64 Å². The Balaban J connectivity index is 2.29. The van der Waals surface area contributed by atoms with E-state index in [4.69, 9.17) is 16.3 Å². The van der Waals surface area contributed by atoms with Crippen LogP contribution in [0.2, 0.25) is 0 Å². The third kappa shape index (κ3) is 4.39. The van der Waals surface area contributed by atoms with Gasteiger partial charge in [0.2, 0.25) is 5.91 Å². The van der Waals surface area contributed by atoms with Crippen molar-refractivity contribution in [3.05, 3.63) is 0 Å². The first-order valence-electron chi connectivity index (χ1n) is 5.69. The summed E-state index contributed by atoms with van der Waals surface area (Å²) in [4.78, 5) is 13.7. The highest BCUT2D eigenvalue weighted by molar-refractivity contribution is 6.17. The van der Waals surface area contributed by atoms with Crippen molar-refractivity contribution in [2.45, 2.75) is 26.2 Å². The molecule has 3 nitrogen and oxygen atoms in total. The number of hydrogen-bond acceptors (Lipinski definition) is 2. The van der Waals surface area contributed by atoms with E-state index in [2.05, 4.69) is 0 Å². The fourth-order valence-electron chi connectivity index (χ4n) is 1.82. The molecule has 88 valence electrons. The number of carbonyl (C=O) groups is 1. The molecule has 0 aromatic carbocycles.